The van der Waals surface area contributed by atoms with Gasteiger partial charge in [0.1, 0.15) is 6.04 Å². The summed E-state index contributed by atoms with van der Waals surface area (Å²) < 4.78 is 9.33. The number of esters is 1. The number of ether oxygens (including phenoxy) is 2. The number of hydrogen-bond donors (Lipinski definition) is 2. The molecule has 12 nitrogen and oxygen atoms in total. The zero-order valence-electron chi connectivity index (χ0n) is 18.0. The molecule has 1 aromatic carbocycles. The van der Waals surface area contributed by atoms with E-state index in [1.165, 1.54) is 0 Å². The van der Waals surface area contributed by atoms with E-state index in [4.69, 9.17) is 4.74 Å². The zero-order chi connectivity index (χ0) is 23.3. The summed E-state index contributed by atoms with van der Waals surface area (Å²) in [5.41, 5.74) is 1.48. The summed E-state index contributed by atoms with van der Waals surface area (Å²) >= 11 is 0. The van der Waals surface area contributed by atoms with Crippen LogP contribution in [-0.2, 0) is 30.4 Å². The molecule has 0 aliphatic carbocycles. The van der Waals surface area contributed by atoms with Crippen LogP contribution in [0, 0.1) is 0 Å². The number of anilines is 1. The Morgan fingerprint density at radius 1 is 1.12 bits per heavy atom. The second-order valence-electron chi connectivity index (χ2n) is 6.61. The predicted octanol–water partition coefficient (Wildman–Crippen LogP) is 2.08. The maximum atomic E-state index is 12.6. The number of urea groups is 1. The quantitative estimate of drug-likeness (QED) is 0.316. The third-order valence-corrected chi connectivity index (χ3v) is 4.37. The molecule has 174 valence electrons. The summed E-state index contributed by atoms with van der Waals surface area (Å²) in [7, 11) is 0. The SMILES string of the molecule is CCOC(=O)CCNC(=O)N[C@H]1CCN(c2ccc(CN=NOC(=O)OCC)cc2)C1=O. The molecule has 0 bridgehead atoms. The Morgan fingerprint density at radius 2 is 1.84 bits per heavy atom. The van der Waals surface area contributed by atoms with Crippen molar-refractivity contribution >= 4 is 29.8 Å². The van der Waals surface area contributed by atoms with Crippen molar-refractivity contribution in [3.63, 3.8) is 0 Å². The number of nitrogens with zero attached hydrogens (tertiary/aromatic N) is 3. The van der Waals surface area contributed by atoms with Crippen LogP contribution in [-0.4, -0.2) is 56.4 Å². The van der Waals surface area contributed by atoms with Gasteiger partial charge in [0.25, 0.3) is 0 Å². The highest BCUT2D eigenvalue weighted by Gasteiger charge is 2.33. The molecule has 1 heterocycles. The molecule has 32 heavy (non-hydrogen) atoms. The first-order valence-electron chi connectivity index (χ1n) is 10.3. The molecule has 3 amide bonds. The lowest BCUT2D eigenvalue weighted by Gasteiger charge is -2.17. The van der Waals surface area contributed by atoms with Crippen LogP contribution in [0.3, 0.4) is 0 Å². The van der Waals surface area contributed by atoms with Gasteiger partial charge in [-0.2, -0.15) is 0 Å². The van der Waals surface area contributed by atoms with E-state index in [1.54, 1.807) is 43.0 Å². The molecular weight excluding hydrogens is 422 g/mol. The average Bonchev–Trinajstić information content (AvgIpc) is 3.12. The molecule has 1 aliphatic heterocycles. The fourth-order valence-corrected chi connectivity index (χ4v) is 2.89. The number of carbonyl (C=O) groups is 4. The second-order valence-corrected chi connectivity index (χ2v) is 6.61. The van der Waals surface area contributed by atoms with E-state index in [9.17, 15) is 19.2 Å². The van der Waals surface area contributed by atoms with Crippen LogP contribution in [0.1, 0.15) is 32.3 Å². The highest BCUT2D eigenvalue weighted by molar-refractivity contribution is 6.01. The number of benzene rings is 1. The molecule has 1 atom stereocenters. The molecule has 0 radical (unpaired) electrons. The van der Waals surface area contributed by atoms with E-state index in [0.29, 0.717) is 18.7 Å². The van der Waals surface area contributed by atoms with Gasteiger partial charge >= 0.3 is 18.2 Å². The number of amides is 3. The summed E-state index contributed by atoms with van der Waals surface area (Å²) in [6.07, 6.45) is -0.395. The highest BCUT2D eigenvalue weighted by atomic mass is 16.8. The van der Waals surface area contributed by atoms with Crippen LogP contribution in [0.25, 0.3) is 0 Å². The van der Waals surface area contributed by atoms with Crippen molar-refractivity contribution in [3.05, 3.63) is 29.8 Å². The van der Waals surface area contributed by atoms with Gasteiger partial charge in [-0.3, -0.25) is 14.4 Å². The Balaban J connectivity index is 1.78. The highest BCUT2D eigenvalue weighted by Crippen LogP contribution is 2.22. The maximum Gasteiger partial charge on any atom is 0.536 e. The van der Waals surface area contributed by atoms with E-state index < -0.39 is 24.2 Å². The normalized spacial score (nSPS) is 15.5. The third-order valence-electron chi connectivity index (χ3n) is 4.37. The molecule has 0 unspecified atom stereocenters. The van der Waals surface area contributed by atoms with Crippen molar-refractivity contribution in [1.82, 2.24) is 10.6 Å². The predicted molar refractivity (Wildman–Crippen MR) is 112 cm³/mol. The van der Waals surface area contributed by atoms with Crippen molar-refractivity contribution in [1.29, 1.82) is 0 Å². The average molecular weight is 449 g/mol. The summed E-state index contributed by atoms with van der Waals surface area (Å²) in [4.78, 5) is 52.9. The summed E-state index contributed by atoms with van der Waals surface area (Å²) in [6.45, 7) is 4.58. The Morgan fingerprint density at radius 3 is 2.53 bits per heavy atom. The van der Waals surface area contributed by atoms with Gasteiger partial charge in [0.05, 0.1) is 26.2 Å². The van der Waals surface area contributed by atoms with E-state index in [-0.39, 0.29) is 38.6 Å². The molecule has 12 heteroatoms. The van der Waals surface area contributed by atoms with Crippen molar-refractivity contribution in [3.8, 4) is 0 Å². The van der Waals surface area contributed by atoms with E-state index in [0.717, 1.165) is 5.56 Å². The lowest BCUT2D eigenvalue weighted by atomic mass is 10.2. The first kappa shape index (κ1) is 24.6. The lowest BCUT2D eigenvalue weighted by molar-refractivity contribution is -0.142. The van der Waals surface area contributed by atoms with Gasteiger partial charge in [-0.15, -0.1) is 5.11 Å². The van der Waals surface area contributed by atoms with Crippen LogP contribution in [0.4, 0.5) is 15.3 Å². The Bertz CT molecular complexity index is 828. The maximum absolute atomic E-state index is 12.6. The van der Waals surface area contributed by atoms with Gasteiger partial charge in [0.15, 0.2) is 0 Å². The smallest absolute Gasteiger partial charge is 0.466 e. The van der Waals surface area contributed by atoms with E-state index >= 15 is 0 Å². The van der Waals surface area contributed by atoms with Crippen LogP contribution in [0.5, 0.6) is 0 Å². The summed E-state index contributed by atoms with van der Waals surface area (Å²) in [5.74, 6) is -0.617. The topological polar surface area (TPSA) is 148 Å². The fourth-order valence-electron chi connectivity index (χ4n) is 2.89. The first-order valence-corrected chi connectivity index (χ1v) is 10.3. The first-order chi connectivity index (χ1) is 15.4. The molecule has 1 fully saturated rings. The Labute approximate surface area is 185 Å². The van der Waals surface area contributed by atoms with Crippen LogP contribution in [0.15, 0.2) is 34.7 Å². The van der Waals surface area contributed by atoms with Gasteiger partial charge in [-0.1, -0.05) is 12.1 Å². The van der Waals surface area contributed by atoms with Crippen molar-refractivity contribution in [2.75, 3.05) is 31.2 Å². The van der Waals surface area contributed by atoms with Crippen molar-refractivity contribution in [2.24, 2.45) is 10.4 Å². The van der Waals surface area contributed by atoms with Crippen molar-refractivity contribution in [2.45, 2.75) is 39.3 Å². The molecule has 0 aromatic heterocycles. The number of carbonyl (C=O) groups excluding carboxylic acids is 4. The van der Waals surface area contributed by atoms with E-state index in [2.05, 4.69) is 30.6 Å². The van der Waals surface area contributed by atoms with Crippen molar-refractivity contribution < 1.29 is 33.5 Å². The Hall–Kier alpha value is -3.70. The standard InChI is InChI=1S/C20H27N5O7/c1-3-30-17(26)9-11-21-19(28)23-16-10-12-25(18(16)27)15-7-5-14(6-8-15)13-22-24-32-20(29)31-4-2/h5-8,16H,3-4,9-13H2,1-2H3,(H2,21,23,28)/t16-/m0/s1. The van der Waals surface area contributed by atoms with E-state index in [1.807, 2.05) is 0 Å². The van der Waals surface area contributed by atoms with Gasteiger partial charge in [0.2, 0.25) is 5.91 Å². The summed E-state index contributed by atoms with van der Waals surface area (Å²) in [6, 6.07) is 5.91. The molecule has 1 aromatic rings. The van der Waals surface area contributed by atoms with Gasteiger partial charge in [-0.25, -0.2) is 9.59 Å². The minimum atomic E-state index is -0.921. The zero-order valence-corrected chi connectivity index (χ0v) is 18.0. The Kier molecular flexibility index (Phi) is 9.88. The number of hydrogen-bond acceptors (Lipinski definition) is 9. The second kappa shape index (κ2) is 12.9. The van der Waals surface area contributed by atoms with Crippen LogP contribution < -0.4 is 15.5 Å². The van der Waals surface area contributed by atoms with Gasteiger partial charge in [0, 0.05) is 24.1 Å². The van der Waals surface area contributed by atoms with Crippen LogP contribution in [0.2, 0.25) is 0 Å². The van der Waals surface area contributed by atoms with Crippen LogP contribution >= 0.6 is 0 Å². The lowest BCUT2D eigenvalue weighted by Crippen LogP contribution is -2.46. The molecular formula is C20H27N5O7. The molecule has 1 saturated heterocycles. The minimum Gasteiger partial charge on any atom is -0.466 e. The molecule has 2 N–H and O–H groups in total. The third kappa shape index (κ3) is 7.85. The van der Waals surface area contributed by atoms with Gasteiger partial charge < -0.3 is 25.0 Å². The number of rotatable bonds is 10. The number of nitrogens with one attached hydrogen (secondary N) is 2. The molecule has 0 spiro atoms. The molecule has 1 aliphatic rings. The fraction of sp³-hybridized carbons (Fsp3) is 0.500. The minimum absolute atomic E-state index is 0.0624. The monoisotopic (exact) mass is 449 g/mol. The largest absolute Gasteiger partial charge is 0.536 e. The molecule has 0 saturated carbocycles. The van der Waals surface area contributed by atoms with Gasteiger partial charge in [-0.05, 0) is 38.0 Å². The summed E-state index contributed by atoms with van der Waals surface area (Å²) in [5, 5.41) is 12.2. The molecule has 2 rings (SSSR count).